The highest BCUT2D eigenvalue weighted by molar-refractivity contribution is 5.73. The van der Waals surface area contributed by atoms with Crippen LogP contribution >= 0.6 is 0 Å². The molecule has 0 aromatic heterocycles. The predicted octanol–water partition coefficient (Wildman–Crippen LogP) is 5.99. The van der Waals surface area contributed by atoms with Gasteiger partial charge in [0.1, 0.15) is 0 Å². The molecule has 0 amide bonds. The molecule has 0 heteroatoms. The normalized spacial score (nSPS) is 13.5. The maximum atomic E-state index is 3.86. The Labute approximate surface area is 119 Å². The second-order valence-electron chi connectivity index (χ2n) is 7.15. The quantitative estimate of drug-likeness (QED) is 0.580. The van der Waals surface area contributed by atoms with E-state index in [1.54, 1.807) is 0 Å². The fourth-order valence-electron chi connectivity index (χ4n) is 2.94. The van der Waals surface area contributed by atoms with Crippen molar-refractivity contribution in [3.8, 4) is 0 Å². The summed E-state index contributed by atoms with van der Waals surface area (Å²) >= 11 is 0. The van der Waals surface area contributed by atoms with Crippen LogP contribution in [0.5, 0.6) is 0 Å². The molecule has 0 aliphatic carbocycles. The van der Waals surface area contributed by atoms with Crippen molar-refractivity contribution in [2.24, 2.45) is 5.41 Å². The molecule has 1 aromatic carbocycles. The summed E-state index contributed by atoms with van der Waals surface area (Å²) in [4.78, 5) is 0. The van der Waals surface area contributed by atoms with E-state index in [1.165, 1.54) is 23.1 Å². The fraction of sp³-hybridized carbons (Fsp3) is 0.474. The smallest absolute Gasteiger partial charge is 0.00986 e. The van der Waals surface area contributed by atoms with Gasteiger partial charge in [-0.3, -0.25) is 0 Å². The Bertz CT molecular complexity index is 450. The average molecular weight is 256 g/mol. The van der Waals surface area contributed by atoms with Gasteiger partial charge in [-0.15, -0.1) is 0 Å². The molecule has 0 fully saturated rings. The van der Waals surface area contributed by atoms with E-state index in [4.69, 9.17) is 0 Å². The number of hydrogen-bond donors (Lipinski definition) is 0. The monoisotopic (exact) mass is 256 g/mol. The zero-order valence-corrected chi connectivity index (χ0v) is 13.4. The lowest BCUT2D eigenvalue weighted by atomic mass is 9.72. The van der Waals surface area contributed by atoms with Crippen LogP contribution in [-0.2, 0) is 5.41 Å². The first-order valence-corrected chi connectivity index (χ1v) is 7.09. The molecule has 0 unspecified atom stereocenters. The first kappa shape index (κ1) is 15.8. The maximum Gasteiger partial charge on any atom is -0.00986 e. The Balaban J connectivity index is 3.01. The average Bonchev–Trinajstić information content (AvgIpc) is 2.28. The summed E-state index contributed by atoms with van der Waals surface area (Å²) < 4.78 is 0. The van der Waals surface area contributed by atoms with Crippen LogP contribution in [0.3, 0.4) is 0 Å². The minimum absolute atomic E-state index is 0.209. The Kier molecular flexibility index (Phi) is 4.79. The second-order valence-corrected chi connectivity index (χ2v) is 7.15. The Morgan fingerprint density at radius 3 is 1.95 bits per heavy atom. The van der Waals surface area contributed by atoms with Crippen LogP contribution in [0.1, 0.15) is 59.1 Å². The van der Waals surface area contributed by atoms with Crippen LogP contribution in [0, 0.1) is 5.41 Å². The highest BCUT2D eigenvalue weighted by Crippen LogP contribution is 2.36. The topological polar surface area (TPSA) is 0 Å². The predicted molar refractivity (Wildman–Crippen MR) is 87.4 cm³/mol. The highest BCUT2D eigenvalue weighted by Gasteiger charge is 2.26. The molecule has 0 bridgehead atoms. The molecule has 0 aliphatic rings. The molecule has 0 saturated carbocycles. The molecule has 0 heterocycles. The summed E-state index contributed by atoms with van der Waals surface area (Å²) in [6, 6.07) is 8.93. The third kappa shape index (κ3) is 4.38. The van der Waals surface area contributed by atoms with Gasteiger partial charge in [-0.05, 0) is 40.9 Å². The molecular formula is C19H28. The van der Waals surface area contributed by atoms with Crippen LogP contribution < -0.4 is 0 Å². The third-order valence-electron chi connectivity index (χ3n) is 3.50. The summed E-state index contributed by atoms with van der Waals surface area (Å²) in [5, 5.41) is 0. The highest BCUT2D eigenvalue weighted by atomic mass is 14.3. The number of allylic oxidation sites excluding steroid dienone is 3. The number of hydrogen-bond acceptors (Lipinski definition) is 0. The van der Waals surface area contributed by atoms with Gasteiger partial charge in [0.05, 0.1) is 0 Å². The lowest BCUT2D eigenvalue weighted by Crippen LogP contribution is -2.24. The van der Waals surface area contributed by atoms with E-state index < -0.39 is 0 Å². The summed E-state index contributed by atoms with van der Waals surface area (Å²) in [5.41, 5.74) is 4.40. The van der Waals surface area contributed by atoms with Crippen molar-refractivity contribution in [2.75, 3.05) is 0 Å². The van der Waals surface area contributed by atoms with Crippen molar-refractivity contribution in [3.63, 3.8) is 0 Å². The molecule has 0 spiro atoms. The molecule has 0 N–H and O–H groups in total. The summed E-state index contributed by atoms with van der Waals surface area (Å²) in [6.45, 7) is 17.5. The van der Waals surface area contributed by atoms with Crippen LogP contribution in [0.4, 0.5) is 0 Å². The SMILES string of the molecule is C=C/C(=C\C)c1ccc(C(C)(C)CC(C)(C)C)cc1. The van der Waals surface area contributed by atoms with E-state index in [2.05, 4.69) is 78.5 Å². The van der Waals surface area contributed by atoms with Crippen molar-refractivity contribution in [1.29, 1.82) is 0 Å². The van der Waals surface area contributed by atoms with Gasteiger partial charge in [-0.25, -0.2) is 0 Å². The molecule has 0 radical (unpaired) electrons. The third-order valence-corrected chi connectivity index (χ3v) is 3.50. The zero-order valence-electron chi connectivity index (χ0n) is 13.4. The molecule has 0 atom stereocenters. The first-order chi connectivity index (χ1) is 8.69. The Hall–Kier alpha value is -1.30. The number of benzene rings is 1. The van der Waals surface area contributed by atoms with E-state index in [1.807, 2.05) is 6.08 Å². The van der Waals surface area contributed by atoms with Crippen molar-refractivity contribution in [1.82, 2.24) is 0 Å². The maximum absolute atomic E-state index is 3.86. The van der Waals surface area contributed by atoms with Gasteiger partial charge in [-0.1, -0.05) is 77.6 Å². The molecule has 104 valence electrons. The van der Waals surface area contributed by atoms with Crippen LogP contribution in [0.15, 0.2) is 43.0 Å². The van der Waals surface area contributed by atoms with E-state index in [-0.39, 0.29) is 5.41 Å². The summed E-state index contributed by atoms with van der Waals surface area (Å²) in [6.07, 6.45) is 5.19. The fourth-order valence-corrected chi connectivity index (χ4v) is 2.94. The lowest BCUT2D eigenvalue weighted by Gasteiger charge is -2.33. The van der Waals surface area contributed by atoms with Gasteiger partial charge in [0.25, 0.3) is 0 Å². The minimum Gasteiger partial charge on any atom is -0.0985 e. The summed E-state index contributed by atoms with van der Waals surface area (Å²) in [5.74, 6) is 0. The molecule has 1 rings (SSSR count). The minimum atomic E-state index is 0.209. The van der Waals surface area contributed by atoms with E-state index in [9.17, 15) is 0 Å². The first-order valence-electron chi connectivity index (χ1n) is 7.09. The van der Waals surface area contributed by atoms with Gasteiger partial charge in [0, 0.05) is 0 Å². The van der Waals surface area contributed by atoms with Crippen molar-refractivity contribution in [2.45, 2.75) is 53.4 Å². The van der Waals surface area contributed by atoms with Gasteiger partial charge in [-0.2, -0.15) is 0 Å². The van der Waals surface area contributed by atoms with Gasteiger partial charge >= 0.3 is 0 Å². The van der Waals surface area contributed by atoms with Crippen LogP contribution in [0.25, 0.3) is 5.57 Å². The van der Waals surface area contributed by atoms with Crippen LogP contribution in [-0.4, -0.2) is 0 Å². The molecule has 0 aliphatic heterocycles. The van der Waals surface area contributed by atoms with E-state index in [0.29, 0.717) is 5.41 Å². The van der Waals surface area contributed by atoms with Crippen LogP contribution in [0.2, 0.25) is 0 Å². The largest absolute Gasteiger partial charge is 0.0985 e. The molecule has 0 saturated heterocycles. The van der Waals surface area contributed by atoms with Crippen molar-refractivity contribution >= 4 is 5.57 Å². The second kappa shape index (κ2) is 5.77. The van der Waals surface area contributed by atoms with Crippen molar-refractivity contribution < 1.29 is 0 Å². The van der Waals surface area contributed by atoms with Gasteiger partial charge < -0.3 is 0 Å². The number of rotatable bonds is 4. The Morgan fingerprint density at radius 2 is 1.58 bits per heavy atom. The Morgan fingerprint density at radius 1 is 1.05 bits per heavy atom. The molecule has 19 heavy (non-hydrogen) atoms. The standard InChI is InChI=1S/C19H28/c1-8-15(9-2)16-10-12-17(13-11-16)19(6,7)14-18(3,4)5/h8-13H,1,14H2,2-7H3/b15-9+. The zero-order chi connectivity index (χ0) is 14.7. The van der Waals surface area contributed by atoms with Gasteiger partial charge in [0.2, 0.25) is 0 Å². The summed E-state index contributed by atoms with van der Waals surface area (Å²) in [7, 11) is 0. The van der Waals surface area contributed by atoms with Gasteiger partial charge in [0.15, 0.2) is 0 Å². The molecule has 1 aromatic rings. The lowest BCUT2D eigenvalue weighted by molar-refractivity contribution is 0.284. The van der Waals surface area contributed by atoms with E-state index in [0.717, 1.165) is 0 Å². The molecular weight excluding hydrogens is 228 g/mol. The molecule has 0 nitrogen and oxygen atoms in total. The van der Waals surface area contributed by atoms with Crippen molar-refractivity contribution in [3.05, 3.63) is 54.1 Å². The van der Waals surface area contributed by atoms with E-state index >= 15 is 0 Å².